The minimum Gasteiger partial charge on any atom is 2.00 e. The normalized spacial score (nSPS) is 12.8. The summed E-state index contributed by atoms with van der Waals surface area (Å²) in [5, 5.41) is 0. The Morgan fingerprint density at radius 1 is 0.186 bits per heavy atom. The van der Waals surface area contributed by atoms with Crippen LogP contribution >= 0.6 is 14.6 Å². The minimum atomic E-state index is -5.11. The summed E-state index contributed by atoms with van der Waals surface area (Å²) in [6.07, 6.45) is 45.6. The van der Waals surface area contributed by atoms with E-state index in [0.717, 1.165) is 51.4 Å². The van der Waals surface area contributed by atoms with Crippen LogP contribution < -0.4 is 29.4 Å². The predicted molar refractivity (Wildman–Crippen MR) is 241 cm³/mol. The van der Waals surface area contributed by atoms with Gasteiger partial charge in [-0.2, -0.15) is 0 Å². The van der Waals surface area contributed by atoms with Crippen molar-refractivity contribution in [2.45, 2.75) is 285 Å². The fourth-order valence-corrected chi connectivity index (χ4v) is 11.6. The quantitative estimate of drug-likeness (QED) is 0.0338. The zero-order valence-electron chi connectivity index (χ0n) is 40.6. The molecule has 0 amide bonds. The minimum absolute atomic E-state index is 0. The Morgan fingerprint density at radius 2 is 0.288 bits per heavy atom. The molecule has 0 rings (SSSR count). The molecule has 0 aromatic carbocycles. The van der Waals surface area contributed by atoms with E-state index in [9.17, 15) is 29.4 Å². The van der Waals surface area contributed by atoms with Gasteiger partial charge in [0.05, 0.1) is 0 Å². The molecular weight excluding hydrogens is 931 g/mol. The van der Waals surface area contributed by atoms with Gasteiger partial charge >= 0.3 is 412 Å². The van der Waals surface area contributed by atoms with Gasteiger partial charge in [0.25, 0.3) is 0 Å². The van der Waals surface area contributed by atoms with Crippen molar-refractivity contribution in [3.05, 3.63) is 0 Å². The van der Waals surface area contributed by atoms with Gasteiger partial charge in [-0.15, -0.1) is 0 Å². The van der Waals surface area contributed by atoms with Gasteiger partial charge in [0.1, 0.15) is 0 Å². The zero-order chi connectivity index (χ0) is 42.0. The maximum absolute atomic E-state index is 12.2. The molecule has 0 N–H and O–H groups in total. The Balaban J connectivity index is -0.000000314. The number of unbranched alkanes of at least 4 members (excludes halogenated alkanes) is 36. The van der Waals surface area contributed by atoms with E-state index in [1.165, 1.54) is 180 Å². The van der Waals surface area contributed by atoms with Crippen LogP contribution in [0.15, 0.2) is 0 Å². The van der Waals surface area contributed by atoms with Gasteiger partial charge in [0, 0.05) is 0 Å². The topological polar surface area (TPSA) is 138 Å². The predicted octanol–water partition coefficient (Wildman–Crippen LogP) is 12.4. The van der Waals surface area contributed by atoms with E-state index in [1.54, 1.807) is 0 Å². The molecule has 0 aliphatic carbocycles. The maximum atomic E-state index is 12.2. The summed E-state index contributed by atoms with van der Waals surface area (Å²) < 4.78 is 0. The van der Waals surface area contributed by atoms with Crippen LogP contribution in [0.4, 0.5) is 0 Å². The Labute approximate surface area is 408 Å². The van der Waals surface area contributed by atoms with Gasteiger partial charge in [-0.1, -0.05) is 0 Å². The van der Waals surface area contributed by atoms with Crippen LogP contribution in [-0.4, -0.2) is 24.6 Å². The van der Waals surface area contributed by atoms with Gasteiger partial charge in [0.15, 0.2) is 0 Å². The molecule has 0 aliphatic heterocycles. The van der Waals surface area contributed by atoms with Gasteiger partial charge in [-0.05, 0) is 0 Å². The number of rotatable bonds is 44. The molecule has 0 aromatic rings. The number of hydrogen-bond acceptors (Lipinski definition) is 6. The first kappa shape index (κ1) is 70.5. The summed E-state index contributed by atoms with van der Waals surface area (Å²) in [6.45, 7) is 8.92. The van der Waals surface area contributed by atoms with E-state index in [2.05, 4.69) is 27.7 Å². The standard InChI is InChI=1S/2C24H50O3P.3Zn/c2*1-3-5-7-9-11-13-15-17-19-21-23-28(25,26,27)24-22-20-18-16-14-12-10-8-6-4-2;;;/h2*3-24H2,1-2H3;;;/q2*-3;3*+2. The van der Waals surface area contributed by atoms with Crippen molar-refractivity contribution in [2.75, 3.05) is 24.6 Å². The average Bonchev–Trinajstić information content (AvgIpc) is 3.14. The van der Waals surface area contributed by atoms with Crippen LogP contribution in [0.2, 0.25) is 0 Å². The van der Waals surface area contributed by atoms with E-state index in [0.29, 0.717) is 25.7 Å². The molecule has 0 spiro atoms. The molecule has 0 unspecified atom stereocenters. The summed E-state index contributed by atoms with van der Waals surface area (Å²) in [7, 11) is -10.2. The van der Waals surface area contributed by atoms with Crippen molar-refractivity contribution >= 4 is 14.6 Å². The monoisotopic (exact) mass is 1030 g/mol. The zero-order valence-corrected chi connectivity index (χ0v) is 51.3. The van der Waals surface area contributed by atoms with Crippen LogP contribution in [0.5, 0.6) is 0 Å². The number of hydrogen-bond donors (Lipinski definition) is 0. The van der Waals surface area contributed by atoms with E-state index >= 15 is 0 Å². The summed E-state index contributed by atoms with van der Waals surface area (Å²) in [5.74, 6) is 0. The molecule has 59 heavy (non-hydrogen) atoms. The van der Waals surface area contributed by atoms with E-state index in [4.69, 9.17) is 0 Å². The molecule has 11 heteroatoms. The molecule has 0 fully saturated rings. The summed E-state index contributed by atoms with van der Waals surface area (Å²) in [4.78, 5) is 73.0. The smallest absolute Gasteiger partial charge is 2.00 e. The summed E-state index contributed by atoms with van der Waals surface area (Å²) >= 11 is 0. The molecular formula is C48H100O6P2Zn3. The van der Waals surface area contributed by atoms with Crippen LogP contribution in [0.25, 0.3) is 0 Å². The first-order valence-corrected chi connectivity index (χ1v) is 29.9. The van der Waals surface area contributed by atoms with Crippen LogP contribution in [0, 0.1) is 0 Å². The second kappa shape index (κ2) is 48.4. The van der Waals surface area contributed by atoms with Gasteiger partial charge in [-0.3, -0.25) is 0 Å². The van der Waals surface area contributed by atoms with Crippen molar-refractivity contribution in [1.29, 1.82) is 0 Å². The molecule has 0 saturated heterocycles. The van der Waals surface area contributed by atoms with Crippen molar-refractivity contribution in [3.8, 4) is 0 Å². The average molecular weight is 1030 g/mol. The van der Waals surface area contributed by atoms with Crippen molar-refractivity contribution in [2.24, 2.45) is 0 Å². The third kappa shape index (κ3) is 60.5. The summed E-state index contributed by atoms with van der Waals surface area (Å²) in [6, 6.07) is 0. The Kier molecular flexibility index (Phi) is 57.9. The van der Waals surface area contributed by atoms with Crippen LogP contribution in [-0.2, 0) is 58.4 Å². The van der Waals surface area contributed by atoms with Gasteiger partial charge < -0.3 is 0 Å². The molecule has 0 atom stereocenters. The fraction of sp³-hybridized carbons (Fsp3) is 1.00. The molecule has 0 aromatic heterocycles. The van der Waals surface area contributed by atoms with Crippen LogP contribution in [0.1, 0.15) is 285 Å². The third-order valence-corrected chi connectivity index (χ3v) is 16.5. The van der Waals surface area contributed by atoms with Crippen LogP contribution in [0.3, 0.4) is 0 Å². The van der Waals surface area contributed by atoms with E-state index < -0.39 is 14.6 Å². The van der Waals surface area contributed by atoms with Gasteiger partial charge in [-0.25, -0.2) is 0 Å². The molecule has 0 radical (unpaired) electrons. The van der Waals surface area contributed by atoms with Gasteiger partial charge in [0.2, 0.25) is 0 Å². The van der Waals surface area contributed by atoms with Crippen molar-refractivity contribution in [3.63, 3.8) is 0 Å². The fourth-order valence-electron chi connectivity index (χ4n) is 7.84. The first-order valence-electron chi connectivity index (χ1n) is 25.2. The molecule has 344 valence electrons. The second-order valence-corrected chi connectivity index (χ2v) is 24.7. The Morgan fingerprint density at radius 3 is 0.407 bits per heavy atom. The second-order valence-electron chi connectivity index (χ2n) is 18.1. The Bertz CT molecular complexity index is 676. The third-order valence-electron chi connectivity index (χ3n) is 11.8. The van der Waals surface area contributed by atoms with E-state index in [-0.39, 0.29) is 83.1 Å². The molecule has 0 heterocycles. The molecule has 0 bridgehead atoms. The van der Waals surface area contributed by atoms with E-state index in [1.807, 2.05) is 0 Å². The van der Waals surface area contributed by atoms with Crippen molar-refractivity contribution < 1.29 is 87.8 Å². The molecule has 0 aliphatic rings. The molecule has 0 saturated carbocycles. The van der Waals surface area contributed by atoms with Crippen molar-refractivity contribution in [1.82, 2.24) is 0 Å². The molecule has 6 nitrogen and oxygen atoms in total. The first-order chi connectivity index (χ1) is 26.8. The SMILES string of the molecule is CCCCCCCCCCCCP([O-])([O-])([O-])CCCCCCCCCCCC.CCCCCCCCCCCCP([O-])([O-])([O-])CCCCCCCCCCCC.[Zn+2].[Zn+2].[Zn+2]. The summed E-state index contributed by atoms with van der Waals surface area (Å²) in [5.41, 5.74) is 0. The Hall–Kier alpha value is 2.49.